The van der Waals surface area contributed by atoms with Crippen molar-refractivity contribution in [1.82, 2.24) is 10.6 Å². The van der Waals surface area contributed by atoms with Crippen LogP contribution in [0.5, 0.6) is 5.75 Å². The van der Waals surface area contributed by atoms with Crippen LogP contribution in [0.1, 0.15) is 37.0 Å². The largest absolute Gasteiger partial charge is 0.488 e. The highest BCUT2D eigenvalue weighted by Gasteiger charge is 2.28. The van der Waals surface area contributed by atoms with Gasteiger partial charge in [-0.25, -0.2) is 8.78 Å². The van der Waals surface area contributed by atoms with Gasteiger partial charge in [0.1, 0.15) is 36.1 Å². The minimum absolute atomic E-state index is 0.0595. The number of fused-ring (bicyclic) bond motifs is 3. The molecule has 34 heavy (non-hydrogen) atoms. The van der Waals surface area contributed by atoms with Crippen molar-refractivity contribution in [3.63, 3.8) is 0 Å². The summed E-state index contributed by atoms with van der Waals surface area (Å²) < 4.78 is 40.8. The van der Waals surface area contributed by atoms with E-state index in [-0.39, 0.29) is 24.2 Å². The van der Waals surface area contributed by atoms with Crippen LogP contribution in [0.25, 0.3) is 11.1 Å². The molecule has 9 heteroatoms. The van der Waals surface area contributed by atoms with Crippen LogP contribution in [0.3, 0.4) is 0 Å². The van der Waals surface area contributed by atoms with E-state index in [0.29, 0.717) is 35.6 Å². The van der Waals surface area contributed by atoms with E-state index in [1.54, 1.807) is 0 Å². The third-order valence-corrected chi connectivity index (χ3v) is 6.01. The Balaban J connectivity index is 1.57. The number of rotatable bonds is 5. The lowest BCUT2D eigenvalue weighted by Crippen LogP contribution is -2.46. The molecule has 2 aromatic carbocycles. The lowest BCUT2D eigenvalue weighted by atomic mass is 9.88. The number of amides is 1. The molecular weight excluding hydrogens is 444 g/mol. The first kappa shape index (κ1) is 24.1. The highest BCUT2D eigenvalue weighted by atomic mass is 19.1. The Morgan fingerprint density at radius 2 is 2.09 bits per heavy atom. The predicted octanol–water partition coefficient (Wildman–Crippen LogP) is 2.68. The van der Waals surface area contributed by atoms with E-state index in [1.807, 2.05) is 6.07 Å². The molecule has 3 N–H and O–H groups in total. The maximum atomic E-state index is 15.1. The molecule has 0 radical (unpaired) electrons. The lowest BCUT2D eigenvalue weighted by Gasteiger charge is -2.26. The number of nitrogens with zero attached hydrogens (tertiary/aromatic N) is 1. The fraction of sp³-hybridized carbons (Fsp3) is 0.440. The molecule has 2 aromatic rings. The number of nitrogens with one attached hydrogen (secondary N) is 2. The summed E-state index contributed by atoms with van der Waals surface area (Å²) >= 11 is 0. The maximum absolute atomic E-state index is 15.1. The average molecular weight is 472 g/mol. The van der Waals surface area contributed by atoms with Gasteiger partial charge in [0.25, 0.3) is 5.91 Å². The molecule has 2 atom stereocenters. The Kier molecular flexibility index (Phi) is 6.84. The van der Waals surface area contributed by atoms with Gasteiger partial charge in [-0.3, -0.25) is 4.79 Å². The molecule has 0 aliphatic carbocycles. The lowest BCUT2D eigenvalue weighted by molar-refractivity contribution is -0.132. The number of benzene rings is 2. The first-order chi connectivity index (χ1) is 16.2. The number of carbonyl (C=O) groups excluding carboxylic acids is 1. The van der Waals surface area contributed by atoms with Gasteiger partial charge in [0.05, 0.1) is 11.7 Å². The molecule has 2 aliphatic heterocycles. The summed E-state index contributed by atoms with van der Waals surface area (Å²) in [5.74, 6) is -1.18. The SMILES string of the molecule is CC(C)(O)c1cc2c(cc1F)COc1cc(CC(C#N)NC(=O)C3CNCCCO3)c(F)cc1-2. The molecule has 0 bridgehead atoms. The summed E-state index contributed by atoms with van der Waals surface area (Å²) in [6.45, 7) is 4.58. The van der Waals surface area contributed by atoms with Crippen molar-refractivity contribution in [2.24, 2.45) is 0 Å². The van der Waals surface area contributed by atoms with Gasteiger partial charge in [-0.2, -0.15) is 5.26 Å². The van der Waals surface area contributed by atoms with Gasteiger partial charge in [0, 0.05) is 36.3 Å². The molecular formula is C25H27F2N3O4. The van der Waals surface area contributed by atoms with Crippen molar-refractivity contribution in [2.75, 3.05) is 19.7 Å². The first-order valence-corrected chi connectivity index (χ1v) is 11.2. The van der Waals surface area contributed by atoms with Crippen molar-refractivity contribution in [3.8, 4) is 22.9 Å². The molecule has 2 aliphatic rings. The van der Waals surface area contributed by atoms with Crippen LogP contribution in [0.4, 0.5) is 8.78 Å². The highest BCUT2D eigenvalue weighted by molar-refractivity contribution is 5.82. The number of nitriles is 1. The minimum atomic E-state index is -1.41. The van der Waals surface area contributed by atoms with Crippen LogP contribution < -0.4 is 15.4 Å². The number of aliphatic hydroxyl groups is 1. The second-order valence-corrected chi connectivity index (χ2v) is 9.09. The first-order valence-electron chi connectivity index (χ1n) is 11.2. The molecule has 0 aromatic heterocycles. The molecule has 180 valence electrons. The van der Waals surface area contributed by atoms with Crippen molar-refractivity contribution in [1.29, 1.82) is 5.26 Å². The van der Waals surface area contributed by atoms with E-state index in [4.69, 9.17) is 9.47 Å². The van der Waals surface area contributed by atoms with Crippen LogP contribution in [-0.2, 0) is 28.2 Å². The van der Waals surface area contributed by atoms with Crippen molar-refractivity contribution in [3.05, 3.63) is 52.6 Å². The molecule has 1 fully saturated rings. The van der Waals surface area contributed by atoms with Crippen LogP contribution in [0, 0.1) is 23.0 Å². The van der Waals surface area contributed by atoms with Crippen LogP contribution >= 0.6 is 0 Å². The van der Waals surface area contributed by atoms with E-state index >= 15 is 4.39 Å². The average Bonchev–Trinajstić information content (AvgIpc) is 3.07. The van der Waals surface area contributed by atoms with E-state index in [9.17, 15) is 19.6 Å². The number of hydrogen-bond donors (Lipinski definition) is 3. The number of hydrogen-bond acceptors (Lipinski definition) is 6. The van der Waals surface area contributed by atoms with Gasteiger partial charge in [-0.1, -0.05) is 0 Å². The molecule has 2 heterocycles. The zero-order valence-electron chi connectivity index (χ0n) is 19.1. The van der Waals surface area contributed by atoms with Crippen LogP contribution in [0.15, 0.2) is 24.3 Å². The van der Waals surface area contributed by atoms with Gasteiger partial charge < -0.3 is 25.2 Å². The second-order valence-electron chi connectivity index (χ2n) is 9.09. The zero-order chi connectivity index (χ0) is 24.5. The Bertz CT molecular complexity index is 1130. The van der Waals surface area contributed by atoms with Gasteiger partial charge in [0.15, 0.2) is 0 Å². The molecule has 4 rings (SSSR count). The fourth-order valence-corrected chi connectivity index (χ4v) is 4.19. The van der Waals surface area contributed by atoms with Gasteiger partial charge in [0.2, 0.25) is 0 Å². The smallest absolute Gasteiger partial charge is 0.251 e. The minimum Gasteiger partial charge on any atom is -0.488 e. The summed E-state index contributed by atoms with van der Waals surface area (Å²) in [5, 5.41) is 25.6. The number of halogens is 2. The molecule has 7 nitrogen and oxygen atoms in total. The Morgan fingerprint density at radius 3 is 2.82 bits per heavy atom. The Labute approximate surface area is 196 Å². The van der Waals surface area contributed by atoms with Crippen molar-refractivity contribution < 1.29 is 28.2 Å². The number of ether oxygens (including phenoxy) is 2. The summed E-state index contributed by atoms with van der Waals surface area (Å²) in [7, 11) is 0. The molecule has 0 saturated carbocycles. The van der Waals surface area contributed by atoms with Gasteiger partial charge >= 0.3 is 0 Å². The molecule has 2 unspecified atom stereocenters. The van der Waals surface area contributed by atoms with E-state index in [0.717, 1.165) is 13.0 Å². The zero-order valence-corrected chi connectivity index (χ0v) is 19.1. The fourth-order valence-electron chi connectivity index (χ4n) is 4.19. The van der Waals surface area contributed by atoms with Crippen LogP contribution in [-0.4, -0.2) is 42.9 Å². The van der Waals surface area contributed by atoms with Gasteiger partial charge in [-0.15, -0.1) is 0 Å². The Morgan fingerprint density at radius 1 is 1.29 bits per heavy atom. The molecule has 1 saturated heterocycles. The van der Waals surface area contributed by atoms with E-state index in [2.05, 4.69) is 10.6 Å². The monoisotopic (exact) mass is 471 g/mol. The number of carbonyl (C=O) groups is 1. The highest BCUT2D eigenvalue weighted by Crippen LogP contribution is 2.41. The predicted molar refractivity (Wildman–Crippen MR) is 120 cm³/mol. The molecule has 1 amide bonds. The standard InChI is InChI=1S/C25H27F2N3O4/c1-25(2,32)19-9-17-15(7-21(19)27)13-34-22-8-14(20(26)10-18(17)22)6-16(11-28)30-24(31)23-12-29-4-3-5-33-23/h7-10,16,23,29,32H,3-6,12-13H2,1-2H3,(H,30,31). The molecule has 0 spiro atoms. The second kappa shape index (κ2) is 9.66. The van der Waals surface area contributed by atoms with Crippen molar-refractivity contribution in [2.45, 2.75) is 51.0 Å². The third-order valence-electron chi connectivity index (χ3n) is 6.01. The maximum Gasteiger partial charge on any atom is 0.251 e. The topological polar surface area (TPSA) is 104 Å². The van der Waals surface area contributed by atoms with Crippen molar-refractivity contribution >= 4 is 5.91 Å². The summed E-state index contributed by atoms with van der Waals surface area (Å²) in [5.41, 5.74) is 0.455. The van der Waals surface area contributed by atoms with Gasteiger partial charge in [-0.05, 0) is 62.2 Å². The van der Waals surface area contributed by atoms with Crippen LogP contribution in [0.2, 0.25) is 0 Å². The van der Waals surface area contributed by atoms with E-state index in [1.165, 1.54) is 38.1 Å². The van der Waals surface area contributed by atoms with E-state index < -0.39 is 35.3 Å². The Hall–Kier alpha value is -3.06. The summed E-state index contributed by atoms with van der Waals surface area (Å²) in [6.07, 6.45) is 0.0199. The normalized spacial score (nSPS) is 18.5. The summed E-state index contributed by atoms with van der Waals surface area (Å²) in [6, 6.07) is 6.64. The quantitative estimate of drug-likeness (QED) is 0.620. The third kappa shape index (κ3) is 5.04. The summed E-state index contributed by atoms with van der Waals surface area (Å²) in [4.78, 5) is 12.5.